The van der Waals surface area contributed by atoms with Crippen LogP contribution >= 0.6 is 0 Å². The van der Waals surface area contributed by atoms with Crippen molar-refractivity contribution in [3.8, 4) is 11.5 Å². The number of aryl methyl sites for hydroxylation is 2. The molecular formula is C39H40N6O3. The molecule has 0 bridgehead atoms. The van der Waals surface area contributed by atoms with Crippen LogP contribution in [0.4, 0.5) is 17.1 Å². The third kappa shape index (κ3) is 5.11. The highest BCUT2D eigenvalue weighted by atomic mass is 16.5. The molecule has 0 fully saturated rings. The van der Waals surface area contributed by atoms with E-state index in [0.29, 0.717) is 35.8 Å². The number of nitrogens with one attached hydrogen (secondary N) is 4. The summed E-state index contributed by atoms with van der Waals surface area (Å²) in [5, 5.41) is 14.2. The van der Waals surface area contributed by atoms with Gasteiger partial charge in [0.2, 0.25) is 5.91 Å². The number of hydrogen-bond acceptors (Lipinski definition) is 7. The Morgan fingerprint density at radius 3 is 2.17 bits per heavy atom. The highest BCUT2D eigenvalue weighted by molar-refractivity contribution is 6.03. The zero-order valence-electron chi connectivity index (χ0n) is 27.7. The van der Waals surface area contributed by atoms with Gasteiger partial charge in [0.1, 0.15) is 17.0 Å². The number of rotatable bonds is 10. The fraction of sp³-hybridized carbons (Fsp3) is 0.256. The van der Waals surface area contributed by atoms with Crippen LogP contribution in [0.25, 0.3) is 10.9 Å². The molecule has 9 nitrogen and oxygen atoms in total. The molecule has 2 amide bonds. The lowest BCUT2D eigenvalue weighted by Crippen LogP contribution is -2.50. The van der Waals surface area contributed by atoms with Crippen molar-refractivity contribution >= 4 is 39.8 Å². The second-order valence-corrected chi connectivity index (χ2v) is 12.3. The number of benzene rings is 4. The van der Waals surface area contributed by atoms with E-state index in [1.54, 1.807) is 6.20 Å². The molecule has 9 heteroatoms. The molecule has 0 unspecified atom stereocenters. The molecule has 1 aromatic heterocycles. The molecule has 2 aliphatic rings. The average molecular weight is 641 g/mol. The number of nitrogens with zero attached hydrogens (tertiary/aromatic N) is 2. The average Bonchev–Trinajstić information content (AvgIpc) is 3.33. The Bertz CT molecular complexity index is 1990. The predicted octanol–water partition coefficient (Wildman–Crippen LogP) is 6.80. The van der Waals surface area contributed by atoms with E-state index in [4.69, 9.17) is 4.74 Å². The van der Waals surface area contributed by atoms with Gasteiger partial charge in [-0.2, -0.15) is 0 Å². The smallest absolute Gasteiger partial charge is 0.255 e. The van der Waals surface area contributed by atoms with Gasteiger partial charge >= 0.3 is 0 Å². The quantitative estimate of drug-likeness (QED) is 0.125. The molecule has 48 heavy (non-hydrogen) atoms. The van der Waals surface area contributed by atoms with Crippen LogP contribution in [-0.4, -0.2) is 54.4 Å². The number of carbonyl (C=O) groups is 2. The monoisotopic (exact) mass is 640 g/mol. The first-order valence-electron chi connectivity index (χ1n) is 16.6. The summed E-state index contributed by atoms with van der Waals surface area (Å²) < 4.78 is 6.70. The topological polar surface area (TPSA) is 108 Å². The summed E-state index contributed by atoms with van der Waals surface area (Å²) in [6.07, 6.45) is 1.72. The Balaban J connectivity index is 1.25. The lowest BCUT2D eigenvalue weighted by atomic mass is 9.73. The van der Waals surface area contributed by atoms with Crippen molar-refractivity contribution in [1.82, 2.24) is 15.2 Å². The summed E-state index contributed by atoms with van der Waals surface area (Å²) in [7, 11) is 0. The summed E-state index contributed by atoms with van der Waals surface area (Å²) >= 11 is 0. The number of pyridine rings is 1. The fourth-order valence-electron chi connectivity index (χ4n) is 7.21. The molecule has 5 aromatic rings. The highest BCUT2D eigenvalue weighted by Crippen LogP contribution is 2.58. The van der Waals surface area contributed by atoms with E-state index in [2.05, 4.69) is 84.3 Å². The van der Waals surface area contributed by atoms with E-state index >= 15 is 0 Å². The van der Waals surface area contributed by atoms with E-state index in [-0.39, 0.29) is 18.4 Å². The summed E-state index contributed by atoms with van der Waals surface area (Å²) in [5.74, 6) is 1.18. The number of aromatic nitrogens is 1. The zero-order valence-corrected chi connectivity index (χ0v) is 27.7. The lowest BCUT2D eigenvalue weighted by molar-refractivity contribution is -0.115. The first-order chi connectivity index (χ1) is 23.4. The van der Waals surface area contributed by atoms with Crippen molar-refractivity contribution in [2.75, 3.05) is 48.7 Å². The molecule has 2 aliphatic heterocycles. The minimum absolute atomic E-state index is 0.0562. The minimum atomic E-state index is -0.930. The lowest BCUT2D eigenvalue weighted by Gasteiger charge is -2.45. The number of para-hydroxylation sites is 1. The first-order valence-corrected chi connectivity index (χ1v) is 16.6. The van der Waals surface area contributed by atoms with Crippen LogP contribution in [0, 0.1) is 13.8 Å². The molecule has 0 atom stereocenters. The number of hydrogen-bond donors (Lipinski definition) is 4. The van der Waals surface area contributed by atoms with E-state index in [9.17, 15) is 9.59 Å². The molecule has 3 heterocycles. The highest BCUT2D eigenvalue weighted by Gasteiger charge is 2.56. The van der Waals surface area contributed by atoms with Crippen LogP contribution < -0.4 is 26.0 Å². The maximum atomic E-state index is 14.4. The molecule has 7 rings (SSSR count). The largest absolute Gasteiger partial charge is 0.456 e. The molecule has 244 valence electrons. The molecule has 0 saturated carbocycles. The van der Waals surface area contributed by atoms with Crippen LogP contribution in [0.1, 0.15) is 52.0 Å². The van der Waals surface area contributed by atoms with Crippen molar-refractivity contribution < 1.29 is 14.3 Å². The molecular weight excluding hydrogens is 600 g/mol. The van der Waals surface area contributed by atoms with Gasteiger partial charge in [-0.1, -0.05) is 36.4 Å². The van der Waals surface area contributed by atoms with Crippen molar-refractivity contribution in [2.24, 2.45) is 0 Å². The summed E-state index contributed by atoms with van der Waals surface area (Å²) in [6, 6.07) is 25.9. The first kappa shape index (κ1) is 31.2. The SMILES string of the molecule is CCNc1cc2c(cc1C)C1(c3cc(C)c(NCC)cc3O2)c2ccccc2C(=O)N1CCNCC(=O)Nc1cccc2cccnc12. The van der Waals surface area contributed by atoms with Gasteiger partial charge in [0.15, 0.2) is 0 Å². The number of ether oxygens (including phenoxy) is 1. The Hall–Kier alpha value is -5.41. The van der Waals surface area contributed by atoms with Crippen molar-refractivity contribution in [3.63, 3.8) is 0 Å². The molecule has 4 aromatic carbocycles. The minimum Gasteiger partial charge on any atom is -0.456 e. The molecule has 1 spiro atoms. The number of carbonyl (C=O) groups excluding carboxylic acids is 2. The normalized spacial score (nSPS) is 13.9. The Morgan fingerprint density at radius 2 is 1.48 bits per heavy atom. The standard InChI is InChI=1S/C39H40N6O3/c1-5-41-32-21-34-29(19-24(32)3)39(30-20-25(4)33(42-6-2)22-35(30)48-34)28-14-8-7-13-27(28)38(47)45(39)18-17-40-23-36(46)44-31-15-9-11-26-12-10-16-43-37(26)31/h7-16,19-22,40-42H,5-6,17-18,23H2,1-4H3,(H,44,46). The van der Waals surface area contributed by atoms with Gasteiger partial charge in [-0.3, -0.25) is 14.6 Å². The van der Waals surface area contributed by atoms with Gasteiger partial charge in [-0.25, -0.2) is 0 Å². The van der Waals surface area contributed by atoms with Gasteiger partial charge in [-0.15, -0.1) is 0 Å². The fourth-order valence-corrected chi connectivity index (χ4v) is 7.21. The van der Waals surface area contributed by atoms with Gasteiger partial charge < -0.3 is 30.9 Å². The van der Waals surface area contributed by atoms with Crippen LogP contribution in [0.15, 0.2) is 85.1 Å². The molecule has 4 N–H and O–H groups in total. The zero-order chi connectivity index (χ0) is 33.4. The maximum Gasteiger partial charge on any atom is 0.255 e. The third-order valence-electron chi connectivity index (χ3n) is 9.29. The summed E-state index contributed by atoms with van der Waals surface area (Å²) in [5.41, 5.74) is 8.03. The molecule has 0 radical (unpaired) electrons. The number of fused-ring (bicyclic) bond motifs is 7. The van der Waals surface area contributed by atoms with Gasteiger partial charge in [0, 0.05) is 78.0 Å². The number of anilines is 3. The van der Waals surface area contributed by atoms with Crippen LogP contribution in [0.5, 0.6) is 11.5 Å². The second-order valence-electron chi connectivity index (χ2n) is 12.3. The Labute approximate surface area is 280 Å². The molecule has 0 saturated heterocycles. The van der Waals surface area contributed by atoms with Gasteiger partial charge in [0.25, 0.3) is 5.91 Å². The van der Waals surface area contributed by atoms with Crippen molar-refractivity contribution in [2.45, 2.75) is 33.2 Å². The van der Waals surface area contributed by atoms with E-state index in [1.165, 1.54) is 0 Å². The van der Waals surface area contributed by atoms with Gasteiger partial charge in [0.05, 0.1) is 17.7 Å². The summed E-state index contributed by atoms with van der Waals surface area (Å²) in [4.78, 5) is 33.9. The third-order valence-corrected chi connectivity index (χ3v) is 9.29. The van der Waals surface area contributed by atoms with Crippen LogP contribution in [0.3, 0.4) is 0 Å². The van der Waals surface area contributed by atoms with E-state index in [0.717, 1.165) is 63.2 Å². The van der Waals surface area contributed by atoms with Crippen LogP contribution in [0.2, 0.25) is 0 Å². The Morgan fingerprint density at radius 1 is 0.812 bits per heavy atom. The van der Waals surface area contributed by atoms with Crippen molar-refractivity contribution in [1.29, 1.82) is 0 Å². The second kappa shape index (κ2) is 12.7. The van der Waals surface area contributed by atoms with Gasteiger partial charge in [-0.05, 0) is 74.7 Å². The van der Waals surface area contributed by atoms with E-state index in [1.807, 2.05) is 53.4 Å². The van der Waals surface area contributed by atoms with Crippen molar-refractivity contribution in [3.05, 3.63) is 118 Å². The van der Waals surface area contributed by atoms with E-state index < -0.39 is 5.54 Å². The summed E-state index contributed by atoms with van der Waals surface area (Å²) in [6.45, 7) is 10.7. The maximum absolute atomic E-state index is 14.4. The Kier molecular flexibility index (Phi) is 8.23. The van der Waals surface area contributed by atoms with Crippen LogP contribution in [-0.2, 0) is 10.3 Å². The number of amides is 2. The molecule has 0 aliphatic carbocycles. The predicted molar refractivity (Wildman–Crippen MR) is 191 cm³/mol.